The Morgan fingerprint density at radius 1 is 0.984 bits per heavy atom. The van der Waals surface area contributed by atoms with E-state index in [1.807, 2.05) is 6.92 Å². The zero-order chi connectivity index (χ0) is 45.7. The number of alkyl halides is 4. The fraction of sp³-hybridized carbons (Fsp3) is 0.326. The molecule has 2 N–H and O–H groups in total. The van der Waals surface area contributed by atoms with Gasteiger partial charge in [-0.1, -0.05) is 19.1 Å². The minimum absolute atomic E-state index is 0.00209. The average Bonchev–Trinajstić information content (AvgIpc) is 3.75. The SMILES string of the molecule is CCc1cc(-c2ccc3c(=O)n(-c4ccc(C)c5c(NS(C)(=O)=O)nn(C)c45)c([C@H](Cc4cc(F)cc(F)c4)NC(=O)Cn4nc(C(F)F)c5c4C(F)(F)[C@@H]4C[C@H]54)nc3c2)nc(C)n1. The highest BCUT2D eigenvalue weighted by atomic mass is 32.2. The van der Waals surface area contributed by atoms with Crippen LogP contribution in [0.4, 0.5) is 32.2 Å². The molecule has 1 fully saturated rings. The van der Waals surface area contributed by atoms with Gasteiger partial charge in [0, 0.05) is 42.3 Å². The molecule has 14 nitrogen and oxygen atoms in total. The second-order valence-electron chi connectivity index (χ2n) is 16.2. The molecular formula is C43H38F6N10O4S. The summed E-state index contributed by atoms with van der Waals surface area (Å²) < 4.78 is 120. The van der Waals surface area contributed by atoms with Crippen molar-refractivity contribution < 1.29 is 39.6 Å². The first-order valence-corrected chi connectivity index (χ1v) is 22.0. The molecule has 21 heteroatoms. The van der Waals surface area contributed by atoms with Crippen molar-refractivity contribution in [2.75, 3.05) is 11.0 Å². The van der Waals surface area contributed by atoms with Gasteiger partial charge in [0.25, 0.3) is 17.9 Å². The summed E-state index contributed by atoms with van der Waals surface area (Å²) in [4.78, 5) is 43.3. The molecule has 1 saturated carbocycles. The maximum Gasteiger partial charge on any atom is 0.293 e. The maximum atomic E-state index is 15.6. The van der Waals surface area contributed by atoms with E-state index in [-0.39, 0.29) is 51.3 Å². The van der Waals surface area contributed by atoms with E-state index < -0.39 is 87.7 Å². The molecule has 1 amide bonds. The number of benzene rings is 3. The van der Waals surface area contributed by atoms with Gasteiger partial charge in [-0.3, -0.25) is 28.2 Å². The number of aromatic nitrogens is 8. The van der Waals surface area contributed by atoms with Gasteiger partial charge in [-0.2, -0.15) is 19.0 Å². The Morgan fingerprint density at radius 2 is 1.72 bits per heavy atom. The van der Waals surface area contributed by atoms with Gasteiger partial charge < -0.3 is 5.32 Å². The number of sulfonamides is 1. The molecule has 332 valence electrons. The minimum atomic E-state index is -3.86. The molecule has 64 heavy (non-hydrogen) atoms. The van der Waals surface area contributed by atoms with Crippen LogP contribution in [-0.2, 0) is 47.2 Å². The first-order chi connectivity index (χ1) is 30.2. The second kappa shape index (κ2) is 15.3. The molecule has 0 spiro atoms. The first-order valence-electron chi connectivity index (χ1n) is 20.1. The summed E-state index contributed by atoms with van der Waals surface area (Å²) in [6.45, 7) is 4.39. The van der Waals surface area contributed by atoms with Crippen molar-refractivity contribution in [1.82, 2.24) is 44.4 Å². The van der Waals surface area contributed by atoms with Crippen molar-refractivity contribution in [2.24, 2.45) is 13.0 Å². The third-order valence-corrected chi connectivity index (χ3v) is 12.2. The number of fused-ring (bicyclic) bond motifs is 5. The molecule has 7 aromatic rings. The fourth-order valence-corrected chi connectivity index (χ4v) is 9.39. The van der Waals surface area contributed by atoms with E-state index in [0.717, 1.165) is 28.6 Å². The summed E-state index contributed by atoms with van der Waals surface area (Å²) in [5.74, 6) is -8.30. The van der Waals surface area contributed by atoms with E-state index >= 15 is 13.6 Å². The number of aryl methyl sites for hydroxylation is 4. The number of carbonyl (C=O) groups is 1. The third kappa shape index (κ3) is 7.43. The summed E-state index contributed by atoms with van der Waals surface area (Å²) in [6.07, 6.45) is -2.09. The molecule has 4 heterocycles. The fourth-order valence-electron chi connectivity index (χ4n) is 8.90. The summed E-state index contributed by atoms with van der Waals surface area (Å²) in [7, 11) is -2.34. The Bertz CT molecular complexity index is 3260. The molecule has 0 saturated heterocycles. The summed E-state index contributed by atoms with van der Waals surface area (Å²) in [5, 5.41) is 11.3. The molecule has 0 aliphatic heterocycles. The highest BCUT2D eigenvalue weighted by molar-refractivity contribution is 7.92. The van der Waals surface area contributed by atoms with Gasteiger partial charge in [0.05, 0.1) is 45.5 Å². The molecule has 0 bridgehead atoms. The lowest BCUT2D eigenvalue weighted by molar-refractivity contribution is -0.123. The molecule has 2 aliphatic carbocycles. The highest BCUT2D eigenvalue weighted by Crippen LogP contribution is 2.68. The third-order valence-electron chi connectivity index (χ3n) is 11.6. The Labute approximate surface area is 360 Å². The number of hydrogen-bond acceptors (Lipinski definition) is 9. The van der Waals surface area contributed by atoms with Crippen LogP contribution in [0.3, 0.4) is 0 Å². The number of rotatable bonds is 12. The Kier molecular flexibility index (Phi) is 10.2. The van der Waals surface area contributed by atoms with Gasteiger partial charge in [-0.15, -0.1) is 0 Å². The topological polar surface area (TPSA) is 172 Å². The molecule has 0 radical (unpaired) electrons. The van der Waals surface area contributed by atoms with Crippen LogP contribution < -0.4 is 15.6 Å². The average molecular weight is 905 g/mol. The largest absolute Gasteiger partial charge is 0.344 e. The van der Waals surface area contributed by atoms with E-state index in [2.05, 4.69) is 30.2 Å². The first kappa shape index (κ1) is 42.7. The zero-order valence-corrected chi connectivity index (χ0v) is 35.5. The van der Waals surface area contributed by atoms with Crippen molar-refractivity contribution in [2.45, 2.75) is 70.9 Å². The quantitative estimate of drug-likeness (QED) is 0.123. The van der Waals surface area contributed by atoms with Crippen LogP contribution in [0.2, 0.25) is 0 Å². The Balaban J connectivity index is 1.27. The lowest BCUT2D eigenvalue weighted by Crippen LogP contribution is -2.38. The standard InChI is InChI=1S/C43H38F6N10O4S/c1-6-25-16-29(51-20(3)50-25)22-8-9-26-30(14-22)53-41(59(42(26)61)32-10-7-19(2)34-37(32)57(4)55-40(34)56-64(5,62)63)31(13-21-11-23(44)15-24(45)12-21)52-33(60)18-58-38-35(36(54-58)39(46)47)27-17-28(27)43(38,48)49/h7-12,14-16,27-28,31,39H,6,13,17-18H2,1-5H3,(H,52,60)(H,55,56)/t27-,28+,31-/m0/s1. The van der Waals surface area contributed by atoms with Crippen LogP contribution >= 0.6 is 0 Å². The van der Waals surface area contributed by atoms with E-state index in [9.17, 15) is 30.8 Å². The monoisotopic (exact) mass is 904 g/mol. The van der Waals surface area contributed by atoms with E-state index in [1.54, 1.807) is 44.2 Å². The maximum absolute atomic E-state index is 15.6. The summed E-state index contributed by atoms with van der Waals surface area (Å²) in [5.41, 5.74) is 0.207. The highest BCUT2D eigenvalue weighted by Gasteiger charge is 2.67. The van der Waals surface area contributed by atoms with Crippen molar-refractivity contribution in [1.29, 1.82) is 0 Å². The Hall–Kier alpha value is -6.64. The second-order valence-corrected chi connectivity index (χ2v) is 18.0. The predicted octanol–water partition coefficient (Wildman–Crippen LogP) is 7.00. The number of carbonyl (C=O) groups excluding carboxylic acids is 1. The number of amides is 1. The van der Waals surface area contributed by atoms with E-state index in [1.165, 1.54) is 17.8 Å². The molecular weight excluding hydrogens is 867 g/mol. The van der Waals surface area contributed by atoms with Crippen molar-refractivity contribution in [3.63, 3.8) is 0 Å². The minimum Gasteiger partial charge on any atom is -0.344 e. The molecule has 2 aliphatic rings. The van der Waals surface area contributed by atoms with Gasteiger partial charge in [0.2, 0.25) is 15.9 Å². The smallest absolute Gasteiger partial charge is 0.293 e. The van der Waals surface area contributed by atoms with Crippen LogP contribution in [-0.4, -0.2) is 59.7 Å². The van der Waals surface area contributed by atoms with Crippen molar-refractivity contribution >= 4 is 43.6 Å². The number of halogens is 6. The van der Waals surface area contributed by atoms with Crippen LogP contribution in [0.25, 0.3) is 38.8 Å². The predicted molar refractivity (Wildman–Crippen MR) is 223 cm³/mol. The summed E-state index contributed by atoms with van der Waals surface area (Å²) in [6, 6.07) is 10.9. The van der Waals surface area contributed by atoms with Crippen molar-refractivity contribution in [3.8, 4) is 16.9 Å². The molecule has 0 unspecified atom stereocenters. The van der Waals surface area contributed by atoms with Crippen molar-refractivity contribution in [3.05, 3.63) is 122 Å². The number of hydrogen-bond donors (Lipinski definition) is 2. The molecule has 3 atom stereocenters. The van der Waals surface area contributed by atoms with E-state index in [0.29, 0.717) is 45.2 Å². The lowest BCUT2D eigenvalue weighted by Gasteiger charge is -2.24. The number of nitrogens with one attached hydrogen (secondary N) is 2. The van der Waals surface area contributed by atoms with Crippen LogP contribution in [0.5, 0.6) is 0 Å². The van der Waals surface area contributed by atoms with Crippen LogP contribution in [0.15, 0.2) is 59.4 Å². The van der Waals surface area contributed by atoms with Crippen LogP contribution in [0.1, 0.15) is 77.2 Å². The lowest BCUT2D eigenvalue weighted by atomic mass is 10.0. The van der Waals surface area contributed by atoms with Gasteiger partial charge in [0.1, 0.15) is 41.2 Å². The molecule has 3 aromatic carbocycles. The van der Waals surface area contributed by atoms with Crippen LogP contribution in [0, 0.1) is 31.4 Å². The number of anilines is 1. The molecule has 4 aromatic heterocycles. The molecule has 9 rings (SSSR count). The normalized spacial score (nSPS) is 16.9. The van der Waals surface area contributed by atoms with Gasteiger partial charge in [-0.25, -0.2) is 40.9 Å². The summed E-state index contributed by atoms with van der Waals surface area (Å²) >= 11 is 0. The zero-order valence-electron chi connectivity index (χ0n) is 34.7. The van der Waals surface area contributed by atoms with Gasteiger partial charge in [-0.05, 0) is 80.1 Å². The van der Waals surface area contributed by atoms with E-state index in [4.69, 9.17) is 4.98 Å². The number of nitrogens with zero attached hydrogens (tertiary/aromatic N) is 8. The van der Waals surface area contributed by atoms with Gasteiger partial charge >= 0.3 is 0 Å². The van der Waals surface area contributed by atoms with Gasteiger partial charge in [0.15, 0.2) is 5.82 Å². The Morgan fingerprint density at radius 3 is 2.41 bits per heavy atom.